The molecule has 0 saturated carbocycles. The number of carbonyl (C=O) groups is 3. The lowest BCUT2D eigenvalue weighted by Crippen LogP contribution is -2.42. The summed E-state index contributed by atoms with van der Waals surface area (Å²) in [6.07, 6.45) is 2.72. The Balaban J connectivity index is 1.48. The van der Waals surface area contributed by atoms with Crippen molar-refractivity contribution >= 4 is 46.9 Å². The van der Waals surface area contributed by atoms with Gasteiger partial charge in [-0.05, 0) is 36.6 Å². The number of allylic oxidation sites excluding steroid dienone is 1. The zero-order valence-corrected chi connectivity index (χ0v) is 23.9. The minimum absolute atomic E-state index is 0.00502. The van der Waals surface area contributed by atoms with Crippen LogP contribution in [0.4, 0.5) is 19.3 Å². The Morgan fingerprint density at radius 2 is 2.00 bits per heavy atom. The fourth-order valence-corrected chi connectivity index (χ4v) is 5.44. The highest BCUT2D eigenvalue weighted by molar-refractivity contribution is 6.32. The Kier molecular flexibility index (Phi) is 8.79. The summed E-state index contributed by atoms with van der Waals surface area (Å²) in [6, 6.07) is 6.54. The number of H-pyrrole nitrogens is 1. The topological polar surface area (TPSA) is 114 Å². The van der Waals surface area contributed by atoms with Crippen LogP contribution in [-0.2, 0) is 25.5 Å². The highest BCUT2D eigenvalue weighted by Gasteiger charge is 2.37. The Bertz CT molecular complexity index is 1580. The molecule has 0 aliphatic carbocycles. The molecule has 0 radical (unpaired) electrons. The van der Waals surface area contributed by atoms with Crippen molar-refractivity contribution < 1.29 is 32.6 Å². The van der Waals surface area contributed by atoms with Crippen molar-refractivity contribution in [2.75, 3.05) is 19.0 Å². The van der Waals surface area contributed by atoms with Crippen LogP contribution in [0.5, 0.6) is 0 Å². The summed E-state index contributed by atoms with van der Waals surface area (Å²) in [7, 11) is 1.29. The first-order chi connectivity index (χ1) is 20.2. The van der Waals surface area contributed by atoms with Gasteiger partial charge in [-0.2, -0.15) is 0 Å². The number of nitrogens with one attached hydrogen (secondary N) is 2. The quantitative estimate of drug-likeness (QED) is 0.191. The van der Waals surface area contributed by atoms with Crippen LogP contribution < -0.4 is 5.32 Å². The number of imidazole rings is 1. The van der Waals surface area contributed by atoms with Crippen LogP contribution in [0.3, 0.4) is 0 Å². The number of ether oxygens (including phenoxy) is 2. The number of benzene rings is 2. The van der Waals surface area contributed by atoms with E-state index in [1.54, 1.807) is 18.2 Å². The number of rotatable bonds is 4. The summed E-state index contributed by atoms with van der Waals surface area (Å²) in [5.41, 5.74) is 1.46. The third-order valence-electron chi connectivity index (χ3n) is 7.13. The van der Waals surface area contributed by atoms with Gasteiger partial charge in [0.25, 0.3) is 0 Å². The zero-order valence-electron chi connectivity index (χ0n) is 22.4. The lowest BCUT2D eigenvalue weighted by molar-refractivity contribution is -0.139. The smallest absolute Gasteiger partial charge is 0.411 e. The van der Waals surface area contributed by atoms with Crippen LogP contribution in [-0.4, -0.2) is 46.5 Å². The van der Waals surface area contributed by atoms with Gasteiger partial charge in [0.15, 0.2) is 5.82 Å². The molecule has 42 heavy (non-hydrogen) atoms. The van der Waals surface area contributed by atoms with Crippen LogP contribution in [0.1, 0.15) is 54.8 Å². The van der Waals surface area contributed by atoms with Gasteiger partial charge in [-0.25, -0.2) is 18.6 Å². The first kappa shape index (κ1) is 29.5. The van der Waals surface area contributed by atoms with E-state index >= 15 is 0 Å². The molecule has 5 rings (SSSR count). The second-order valence-electron chi connectivity index (χ2n) is 9.84. The molecule has 0 spiro atoms. The Morgan fingerprint density at radius 1 is 1.19 bits per heavy atom. The molecule has 2 aromatic carbocycles. The number of esters is 1. The summed E-state index contributed by atoms with van der Waals surface area (Å²) in [5.74, 6) is -2.15. The molecule has 1 aromatic heterocycles. The second kappa shape index (κ2) is 12.5. The molecule has 3 aromatic rings. The van der Waals surface area contributed by atoms with E-state index in [1.807, 2.05) is 12.2 Å². The van der Waals surface area contributed by atoms with Gasteiger partial charge in [0.05, 0.1) is 35.8 Å². The SMILES string of the molecule is COC(=O)Cc1ccc2c(c1)NC(=O)CC/C=C/C[C@H](N1CCC(c3c(F)ccc(Cl)c3F)OC1=O)c1nc-2c(Cl)[nH]1. The van der Waals surface area contributed by atoms with E-state index in [-0.39, 0.29) is 41.9 Å². The molecule has 2 amide bonds. The summed E-state index contributed by atoms with van der Waals surface area (Å²) in [5, 5.41) is 2.77. The lowest BCUT2D eigenvalue weighted by Gasteiger charge is -2.36. The van der Waals surface area contributed by atoms with Gasteiger partial charge in [0.2, 0.25) is 5.91 Å². The zero-order chi connectivity index (χ0) is 30.0. The highest BCUT2D eigenvalue weighted by atomic mass is 35.5. The number of methoxy groups -OCH3 is 1. The van der Waals surface area contributed by atoms with Crippen molar-refractivity contribution in [2.24, 2.45) is 0 Å². The van der Waals surface area contributed by atoms with Crippen molar-refractivity contribution in [3.63, 3.8) is 0 Å². The molecule has 2 N–H and O–H groups in total. The first-order valence-electron chi connectivity index (χ1n) is 13.2. The average molecular weight is 619 g/mol. The van der Waals surface area contributed by atoms with E-state index < -0.39 is 41.4 Å². The normalized spacial score (nSPS) is 19.9. The summed E-state index contributed by atoms with van der Waals surface area (Å²) >= 11 is 12.4. The molecule has 3 heterocycles. The van der Waals surface area contributed by atoms with E-state index in [2.05, 4.69) is 10.3 Å². The minimum Gasteiger partial charge on any atom is -0.469 e. The third-order valence-corrected chi connectivity index (χ3v) is 7.70. The van der Waals surface area contributed by atoms with Crippen molar-refractivity contribution in [1.29, 1.82) is 0 Å². The third kappa shape index (κ3) is 6.12. The number of fused-ring (bicyclic) bond motifs is 4. The molecule has 220 valence electrons. The van der Waals surface area contributed by atoms with Gasteiger partial charge >= 0.3 is 12.1 Å². The molecular weight excluding hydrogens is 593 g/mol. The fraction of sp³-hybridized carbons (Fsp3) is 0.310. The molecule has 1 unspecified atom stereocenters. The number of halogens is 4. The van der Waals surface area contributed by atoms with E-state index in [9.17, 15) is 23.2 Å². The van der Waals surface area contributed by atoms with Gasteiger partial charge < -0.3 is 19.8 Å². The number of carbonyl (C=O) groups excluding carboxylic acids is 3. The Hall–Kier alpha value is -3.96. The molecule has 2 aliphatic heterocycles. The number of aromatic amines is 1. The lowest BCUT2D eigenvalue weighted by atomic mass is 10.0. The number of cyclic esters (lactones) is 1. The van der Waals surface area contributed by atoms with Crippen molar-refractivity contribution in [2.45, 2.75) is 44.2 Å². The molecule has 1 saturated heterocycles. The van der Waals surface area contributed by atoms with E-state index in [0.29, 0.717) is 41.2 Å². The van der Waals surface area contributed by atoms with E-state index in [1.165, 1.54) is 12.0 Å². The maximum Gasteiger partial charge on any atom is 0.411 e. The fourth-order valence-electron chi connectivity index (χ4n) is 5.03. The molecule has 1 fully saturated rings. The summed E-state index contributed by atoms with van der Waals surface area (Å²) in [4.78, 5) is 47.0. The Labute approximate surface area is 249 Å². The molecule has 2 aliphatic rings. The van der Waals surface area contributed by atoms with Crippen LogP contribution in [0.25, 0.3) is 11.3 Å². The number of anilines is 1. The highest BCUT2D eigenvalue weighted by Crippen LogP contribution is 2.39. The van der Waals surface area contributed by atoms with Gasteiger partial charge in [-0.3, -0.25) is 14.5 Å². The minimum atomic E-state index is -1.16. The predicted octanol–water partition coefficient (Wildman–Crippen LogP) is 6.68. The number of hydrogen-bond donors (Lipinski definition) is 2. The first-order valence-corrected chi connectivity index (χ1v) is 13.9. The number of hydrogen-bond acceptors (Lipinski definition) is 6. The van der Waals surface area contributed by atoms with Gasteiger partial charge in [-0.1, -0.05) is 47.5 Å². The van der Waals surface area contributed by atoms with Crippen LogP contribution in [0.2, 0.25) is 10.2 Å². The maximum absolute atomic E-state index is 14.6. The molecule has 2 bridgehead atoms. The maximum atomic E-state index is 14.6. The summed E-state index contributed by atoms with van der Waals surface area (Å²) in [6.45, 7) is 0.106. The predicted molar refractivity (Wildman–Crippen MR) is 151 cm³/mol. The van der Waals surface area contributed by atoms with E-state index in [4.69, 9.17) is 37.7 Å². The van der Waals surface area contributed by atoms with Crippen LogP contribution in [0.15, 0.2) is 42.5 Å². The Morgan fingerprint density at radius 3 is 2.76 bits per heavy atom. The van der Waals surface area contributed by atoms with Crippen LogP contribution in [0, 0.1) is 11.6 Å². The van der Waals surface area contributed by atoms with Gasteiger partial charge in [0, 0.05) is 24.9 Å². The van der Waals surface area contributed by atoms with Gasteiger partial charge in [0.1, 0.15) is 28.6 Å². The average Bonchev–Trinajstić information content (AvgIpc) is 3.34. The van der Waals surface area contributed by atoms with Crippen molar-refractivity contribution in [1.82, 2.24) is 14.9 Å². The summed E-state index contributed by atoms with van der Waals surface area (Å²) < 4.78 is 39.4. The largest absolute Gasteiger partial charge is 0.469 e. The second-order valence-corrected chi connectivity index (χ2v) is 10.6. The monoisotopic (exact) mass is 618 g/mol. The van der Waals surface area contributed by atoms with Crippen molar-refractivity contribution in [3.8, 4) is 11.3 Å². The van der Waals surface area contributed by atoms with E-state index in [0.717, 1.165) is 12.1 Å². The molecule has 2 atom stereocenters. The molecule has 13 heteroatoms. The number of nitrogens with zero attached hydrogens (tertiary/aromatic N) is 2. The standard InChI is InChI=1S/C29H26Cl2F2N4O5/c1-41-23(39)14-15-7-8-16-19(13-15)34-22(38)6-4-2-3-5-20(28-35-26(16)27(31)36-28)37-12-11-21(42-29(37)40)24-18(32)10-9-17(30)25(24)33/h2-3,7-10,13,20-21H,4-6,11-12,14H2,1H3,(H,34,38)(H,35,36)/b3-2+/t20-,21?/m0/s1. The molecular formula is C29H26Cl2F2N4O5. The molecule has 9 nitrogen and oxygen atoms in total. The number of aromatic nitrogens is 2. The number of amides is 2. The van der Waals surface area contributed by atoms with Crippen molar-refractivity contribution in [3.05, 3.63) is 81.2 Å². The van der Waals surface area contributed by atoms with Gasteiger partial charge in [-0.15, -0.1) is 0 Å². The van der Waals surface area contributed by atoms with Crippen LogP contribution >= 0.6 is 23.2 Å².